The van der Waals surface area contributed by atoms with Gasteiger partial charge < -0.3 is 14.0 Å². The number of imidazole rings is 1. The fraction of sp³-hybridized carbons (Fsp3) is 0.364. The van der Waals surface area contributed by atoms with Crippen molar-refractivity contribution in [2.75, 3.05) is 20.3 Å². The molecule has 32 heavy (non-hydrogen) atoms. The van der Waals surface area contributed by atoms with Crippen molar-refractivity contribution in [1.29, 1.82) is 0 Å². The lowest BCUT2D eigenvalue weighted by atomic mass is 10.0. The Bertz CT molecular complexity index is 1140. The minimum Gasteiger partial charge on any atom is -0.462 e. The number of aromatic nitrogens is 2. The first-order valence-electron chi connectivity index (χ1n) is 10.2. The average molecular weight is 478 g/mol. The van der Waals surface area contributed by atoms with Crippen LogP contribution in [0.3, 0.4) is 0 Å². The molecule has 0 radical (unpaired) electrons. The molecule has 0 bridgehead atoms. The van der Waals surface area contributed by atoms with Crippen molar-refractivity contribution in [1.82, 2.24) is 9.55 Å². The van der Waals surface area contributed by atoms with E-state index in [1.54, 1.807) is 31.8 Å². The highest BCUT2D eigenvalue weighted by molar-refractivity contribution is 7.91. The number of sulfonamides is 1. The van der Waals surface area contributed by atoms with Crippen LogP contribution in [0.15, 0.2) is 47.2 Å². The Balaban J connectivity index is 2.06. The number of nitrogens with two attached hydrogens (primary N) is 1. The minimum absolute atomic E-state index is 0.0478. The first kappa shape index (κ1) is 24.1. The zero-order valence-electron chi connectivity index (χ0n) is 18.1. The quantitative estimate of drug-likeness (QED) is 0.334. The maximum absolute atomic E-state index is 13.0. The molecule has 0 saturated carbocycles. The van der Waals surface area contributed by atoms with Crippen LogP contribution in [0, 0.1) is 0 Å². The summed E-state index contributed by atoms with van der Waals surface area (Å²) in [6.07, 6.45) is 7.26. The fourth-order valence-corrected chi connectivity index (χ4v) is 5.54. The second-order valence-electron chi connectivity index (χ2n) is 7.27. The highest BCUT2D eigenvalue weighted by Gasteiger charge is 2.30. The van der Waals surface area contributed by atoms with Gasteiger partial charge in [-0.05, 0) is 17.5 Å². The third-order valence-corrected chi connectivity index (χ3v) is 7.55. The molecule has 172 valence electrons. The molecule has 0 aliphatic rings. The fourth-order valence-electron chi connectivity index (χ4n) is 3.25. The first-order chi connectivity index (χ1) is 15.3. The average Bonchev–Trinajstić information content (AvgIpc) is 3.40. The van der Waals surface area contributed by atoms with Crippen LogP contribution in [0.25, 0.3) is 11.1 Å². The normalized spacial score (nSPS) is 11.6. The molecule has 0 amide bonds. The molecule has 2 aromatic heterocycles. The predicted octanol–water partition coefficient (Wildman–Crippen LogP) is 3.45. The lowest BCUT2D eigenvalue weighted by molar-refractivity contribution is 0.0499. The predicted molar refractivity (Wildman–Crippen MR) is 123 cm³/mol. The van der Waals surface area contributed by atoms with Crippen LogP contribution in [0.2, 0.25) is 0 Å². The summed E-state index contributed by atoms with van der Waals surface area (Å²) in [6.45, 7) is 3.22. The number of primary sulfonamides is 1. The molecule has 0 unspecified atom stereocenters. The number of carbonyl (C=O) groups is 1. The number of ether oxygens (including phenoxy) is 2. The van der Waals surface area contributed by atoms with Gasteiger partial charge in [-0.15, -0.1) is 11.3 Å². The summed E-state index contributed by atoms with van der Waals surface area (Å²) < 4.78 is 37.3. The molecule has 10 heteroatoms. The van der Waals surface area contributed by atoms with E-state index in [-0.39, 0.29) is 16.4 Å². The van der Waals surface area contributed by atoms with Crippen LogP contribution in [-0.2, 0) is 32.5 Å². The van der Waals surface area contributed by atoms with Crippen LogP contribution in [0.1, 0.15) is 40.6 Å². The summed E-state index contributed by atoms with van der Waals surface area (Å²) >= 11 is 0.997. The van der Waals surface area contributed by atoms with Crippen molar-refractivity contribution in [3.8, 4) is 11.1 Å². The summed E-state index contributed by atoms with van der Waals surface area (Å²) in [4.78, 5) is 17.6. The number of esters is 1. The van der Waals surface area contributed by atoms with Crippen molar-refractivity contribution in [2.45, 2.75) is 36.9 Å². The van der Waals surface area contributed by atoms with Crippen molar-refractivity contribution in [2.24, 2.45) is 5.14 Å². The molecule has 0 aliphatic heterocycles. The summed E-state index contributed by atoms with van der Waals surface area (Å²) in [5.41, 5.74) is 2.13. The summed E-state index contributed by atoms with van der Waals surface area (Å²) in [6, 6.07) is 7.37. The molecule has 0 saturated heterocycles. The molecule has 3 aromatic rings. The maximum atomic E-state index is 13.0. The SMILES string of the molecule is CCCCOC(=O)c1c(CCOC)sc(S(N)(=O)=O)c1-c1ccc(Cn2ccnc2)cc1. The van der Waals surface area contributed by atoms with Crippen molar-refractivity contribution in [3.63, 3.8) is 0 Å². The third-order valence-electron chi connectivity index (χ3n) is 4.84. The standard InChI is InChI=1S/C22H27N3O5S2/c1-3-4-12-30-21(26)20-18(9-13-29-2)31-22(32(23,27)28)19(20)17-7-5-16(6-8-17)14-25-11-10-24-15-25/h5-8,10-11,15H,3-4,9,12-14H2,1-2H3,(H2,23,27,28). The molecule has 2 N–H and O–H groups in total. The van der Waals surface area contributed by atoms with Crippen molar-refractivity contribution >= 4 is 27.3 Å². The van der Waals surface area contributed by atoms with Gasteiger partial charge in [-0.25, -0.2) is 23.3 Å². The lowest BCUT2D eigenvalue weighted by Crippen LogP contribution is -2.13. The van der Waals surface area contributed by atoms with Gasteiger partial charge >= 0.3 is 5.97 Å². The minimum atomic E-state index is -4.06. The van der Waals surface area contributed by atoms with E-state index in [1.165, 1.54) is 0 Å². The van der Waals surface area contributed by atoms with Gasteiger partial charge in [0.15, 0.2) is 0 Å². The van der Waals surface area contributed by atoms with Crippen LogP contribution in [0.4, 0.5) is 0 Å². The second kappa shape index (κ2) is 10.9. The number of nitrogens with zero attached hydrogens (tertiary/aromatic N) is 2. The highest BCUT2D eigenvalue weighted by Crippen LogP contribution is 2.40. The Hall–Kier alpha value is -2.53. The number of unbranched alkanes of at least 4 members (excludes halogenated alkanes) is 1. The van der Waals surface area contributed by atoms with Crippen molar-refractivity contribution in [3.05, 3.63) is 59.0 Å². The van der Waals surface area contributed by atoms with Gasteiger partial charge in [0.2, 0.25) is 10.0 Å². The van der Waals surface area contributed by atoms with Gasteiger partial charge in [-0.1, -0.05) is 37.6 Å². The molecule has 0 atom stereocenters. The molecule has 0 spiro atoms. The number of rotatable bonds is 11. The van der Waals surface area contributed by atoms with Crippen LogP contribution in [-0.4, -0.2) is 44.3 Å². The molecule has 1 aromatic carbocycles. The van der Waals surface area contributed by atoms with Crippen LogP contribution < -0.4 is 5.14 Å². The van der Waals surface area contributed by atoms with E-state index in [9.17, 15) is 13.2 Å². The Morgan fingerprint density at radius 3 is 2.56 bits per heavy atom. The number of methoxy groups -OCH3 is 1. The van der Waals surface area contributed by atoms with Crippen molar-refractivity contribution < 1.29 is 22.7 Å². The highest BCUT2D eigenvalue weighted by atomic mass is 32.2. The zero-order valence-corrected chi connectivity index (χ0v) is 19.7. The van der Waals surface area contributed by atoms with E-state index in [0.29, 0.717) is 35.6 Å². The summed E-state index contributed by atoms with van der Waals surface area (Å²) in [5, 5.41) is 5.54. The molecule has 0 fully saturated rings. The molecule has 2 heterocycles. The number of carbonyl (C=O) groups excluding carboxylic acids is 1. The topological polar surface area (TPSA) is 114 Å². The first-order valence-corrected chi connectivity index (χ1v) is 12.6. The lowest BCUT2D eigenvalue weighted by Gasteiger charge is -2.10. The van der Waals surface area contributed by atoms with Gasteiger partial charge in [-0.3, -0.25) is 0 Å². The van der Waals surface area contributed by atoms with E-state index in [4.69, 9.17) is 14.6 Å². The molecule has 0 aliphatic carbocycles. The smallest absolute Gasteiger partial charge is 0.339 e. The van der Waals surface area contributed by atoms with Gasteiger partial charge in [0.1, 0.15) is 4.21 Å². The zero-order chi connectivity index (χ0) is 23.1. The number of benzene rings is 1. The van der Waals surface area contributed by atoms with E-state index in [0.717, 1.165) is 29.7 Å². The van der Waals surface area contributed by atoms with E-state index >= 15 is 0 Å². The Labute approximate surface area is 192 Å². The van der Waals surface area contributed by atoms with Gasteiger partial charge in [0.25, 0.3) is 0 Å². The van der Waals surface area contributed by atoms with E-state index < -0.39 is 16.0 Å². The molecular weight excluding hydrogens is 450 g/mol. The van der Waals surface area contributed by atoms with E-state index in [2.05, 4.69) is 4.98 Å². The second-order valence-corrected chi connectivity index (χ2v) is 10.1. The Morgan fingerprint density at radius 1 is 1.22 bits per heavy atom. The Kier molecular flexibility index (Phi) is 8.19. The van der Waals surface area contributed by atoms with Crippen LogP contribution >= 0.6 is 11.3 Å². The van der Waals surface area contributed by atoms with Crippen LogP contribution in [0.5, 0.6) is 0 Å². The van der Waals surface area contributed by atoms with Gasteiger partial charge in [0.05, 0.1) is 25.1 Å². The number of thiophene rings is 1. The van der Waals surface area contributed by atoms with Gasteiger partial charge in [-0.2, -0.15) is 0 Å². The third kappa shape index (κ3) is 5.83. The number of hydrogen-bond acceptors (Lipinski definition) is 7. The molecule has 8 nitrogen and oxygen atoms in total. The molecule has 3 rings (SSSR count). The largest absolute Gasteiger partial charge is 0.462 e. The monoisotopic (exact) mass is 477 g/mol. The summed E-state index contributed by atoms with van der Waals surface area (Å²) in [7, 11) is -2.51. The van der Waals surface area contributed by atoms with E-state index in [1.807, 2.05) is 29.8 Å². The molecular formula is C22H27N3O5S2. The maximum Gasteiger partial charge on any atom is 0.339 e. The Morgan fingerprint density at radius 2 is 1.97 bits per heavy atom. The number of hydrogen-bond donors (Lipinski definition) is 1. The summed E-state index contributed by atoms with van der Waals surface area (Å²) in [5.74, 6) is -0.548. The van der Waals surface area contributed by atoms with Gasteiger partial charge in [0, 0.05) is 42.9 Å².